The number of fused-ring (bicyclic) bond motifs is 1. The number of rotatable bonds is 3. The van der Waals surface area contributed by atoms with Crippen LogP contribution in [0.15, 0.2) is 60.8 Å². The molecule has 0 bridgehead atoms. The largest absolute Gasteiger partial charge is 0.380 e. The van der Waals surface area contributed by atoms with E-state index in [9.17, 15) is 4.79 Å². The minimum Gasteiger partial charge on any atom is -0.380 e. The first-order valence-electron chi connectivity index (χ1n) is 9.02. The van der Waals surface area contributed by atoms with Gasteiger partial charge in [0.05, 0.1) is 11.8 Å². The molecule has 1 aromatic heterocycles. The van der Waals surface area contributed by atoms with Gasteiger partial charge in [0.1, 0.15) is 0 Å². The summed E-state index contributed by atoms with van der Waals surface area (Å²) in [7, 11) is 1.71. The van der Waals surface area contributed by atoms with Gasteiger partial charge >= 0.3 is 0 Å². The van der Waals surface area contributed by atoms with Gasteiger partial charge in [-0.05, 0) is 36.4 Å². The molecule has 1 amide bonds. The minimum absolute atomic E-state index is 0.0733. The van der Waals surface area contributed by atoms with Crippen LogP contribution >= 0.6 is 0 Å². The lowest BCUT2D eigenvalue weighted by molar-refractivity contribution is 0.0269. The van der Waals surface area contributed by atoms with Crippen LogP contribution in [-0.4, -0.2) is 42.1 Å². The zero-order chi connectivity index (χ0) is 17.9. The van der Waals surface area contributed by atoms with Crippen LogP contribution in [0.3, 0.4) is 0 Å². The zero-order valence-corrected chi connectivity index (χ0v) is 14.9. The lowest BCUT2D eigenvalue weighted by Crippen LogP contribution is -2.42. The van der Waals surface area contributed by atoms with Crippen LogP contribution in [0.5, 0.6) is 0 Å². The number of carbonyl (C=O) groups is 1. The molecule has 1 fully saturated rings. The van der Waals surface area contributed by atoms with Crippen LogP contribution in [0.25, 0.3) is 22.0 Å². The Morgan fingerprint density at radius 3 is 2.73 bits per heavy atom. The fourth-order valence-electron chi connectivity index (χ4n) is 3.62. The van der Waals surface area contributed by atoms with Crippen molar-refractivity contribution < 1.29 is 9.53 Å². The maximum atomic E-state index is 12.8. The molecule has 0 N–H and O–H groups in total. The number of amides is 1. The SMILES string of the molecule is CO[C@@H]1CCCN(C(=O)c2ccc(-c3nccc4ccccc34)cc2)C1. The number of benzene rings is 2. The molecule has 1 aliphatic rings. The lowest BCUT2D eigenvalue weighted by atomic mass is 10.0. The third kappa shape index (κ3) is 3.20. The maximum Gasteiger partial charge on any atom is 0.253 e. The van der Waals surface area contributed by atoms with Crippen LogP contribution in [0.1, 0.15) is 23.2 Å². The second-order valence-corrected chi connectivity index (χ2v) is 6.71. The molecule has 2 aromatic carbocycles. The molecule has 1 saturated heterocycles. The molecular weight excluding hydrogens is 324 g/mol. The molecule has 0 spiro atoms. The maximum absolute atomic E-state index is 12.8. The highest BCUT2D eigenvalue weighted by atomic mass is 16.5. The van der Waals surface area contributed by atoms with E-state index >= 15 is 0 Å². The Kier molecular flexibility index (Phi) is 4.67. The molecular formula is C22H22N2O2. The number of piperidine rings is 1. The van der Waals surface area contributed by atoms with E-state index in [0.29, 0.717) is 12.1 Å². The first-order chi connectivity index (χ1) is 12.8. The van der Waals surface area contributed by atoms with Crippen molar-refractivity contribution in [1.29, 1.82) is 0 Å². The summed E-state index contributed by atoms with van der Waals surface area (Å²) in [4.78, 5) is 19.2. The third-order valence-corrected chi connectivity index (χ3v) is 5.08. The number of likely N-dealkylation sites (tertiary alicyclic amines) is 1. The molecule has 1 aliphatic heterocycles. The second-order valence-electron chi connectivity index (χ2n) is 6.71. The van der Waals surface area contributed by atoms with E-state index in [0.717, 1.165) is 41.4 Å². The summed E-state index contributed by atoms with van der Waals surface area (Å²) in [5.74, 6) is 0.0733. The van der Waals surface area contributed by atoms with Crippen molar-refractivity contribution in [2.24, 2.45) is 0 Å². The molecule has 4 nitrogen and oxygen atoms in total. The Morgan fingerprint density at radius 1 is 1.12 bits per heavy atom. The van der Waals surface area contributed by atoms with Crippen LogP contribution < -0.4 is 0 Å². The summed E-state index contributed by atoms with van der Waals surface area (Å²) in [5.41, 5.74) is 2.68. The van der Waals surface area contributed by atoms with Crippen molar-refractivity contribution in [3.8, 4) is 11.3 Å². The Morgan fingerprint density at radius 2 is 1.92 bits per heavy atom. The van der Waals surface area contributed by atoms with E-state index in [4.69, 9.17) is 4.74 Å². The van der Waals surface area contributed by atoms with E-state index in [1.165, 1.54) is 0 Å². The predicted molar refractivity (Wildman–Crippen MR) is 103 cm³/mol. The summed E-state index contributed by atoms with van der Waals surface area (Å²) < 4.78 is 5.42. The molecule has 4 heteroatoms. The Bertz CT molecular complexity index is 916. The highest BCUT2D eigenvalue weighted by molar-refractivity contribution is 5.97. The summed E-state index contributed by atoms with van der Waals surface area (Å²) in [6.45, 7) is 1.47. The van der Waals surface area contributed by atoms with Gasteiger partial charge in [0.25, 0.3) is 5.91 Å². The number of hydrogen-bond donors (Lipinski definition) is 0. The summed E-state index contributed by atoms with van der Waals surface area (Å²) in [6.07, 6.45) is 3.98. The van der Waals surface area contributed by atoms with Crippen molar-refractivity contribution in [3.05, 3.63) is 66.4 Å². The predicted octanol–water partition coefficient (Wildman–Crippen LogP) is 4.15. The smallest absolute Gasteiger partial charge is 0.253 e. The number of aromatic nitrogens is 1. The van der Waals surface area contributed by atoms with E-state index in [1.807, 2.05) is 53.6 Å². The minimum atomic E-state index is 0.0733. The first-order valence-corrected chi connectivity index (χ1v) is 9.02. The van der Waals surface area contributed by atoms with Gasteiger partial charge in [-0.2, -0.15) is 0 Å². The molecule has 0 aliphatic carbocycles. The van der Waals surface area contributed by atoms with Gasteiger partial charge in [-0.25, -0.2) is 0 Å². The molecule has 3 aromatic rings. The van der Waals surface area contributed by atoms with Gasteiger partial charge in [0.15, 0.2) is 0 Å². The Hall–Kier alpha value is -2.72. The lowest BCUT2D eigenvalue weighted by Gasteiger charge is -2.32. The van der Waals surface area contributed by atoms with Crippen LogP contribution in [0, 0.1) is 0 Å². The van der Waals surface area contributed by atoms with E-state index < -0.39 is 0 Å². The fraction of sp³-hybridized carbons (Fsp3) is 0.273. The number of hydrogen-bond acceptors (Lipinski definition) is 3. The molecule has 26 heavy (non-hydrogen) atoms. The average molecular weight is 346 g/mol. The van der Waals surface area contributed by atoms with Crippen molar-refractivity contribution >= 4 is 16.7 Å². The summed E-state index contributed by atoms with van der Waals surface area (Å²) in [6, 6.07) is 18.0. The van der Waals surface area contributed by atoms with Crippen LogP contribution in [0.2, 0.25) is 0 Å². The standard InChI is InChI=1S/C22H22N2O2/c1-26-19-6-4-14-24(15-19)22(25)18-10-8-17(9-11-18)21-20-7-3-2-5-16(20)12-13-23-21/h2-3,5,7-13,19H,4,6,14-15H2,1H3/t19-/m1/s1. The molecule has 132 valence electrons. The first kappa shape index (κ1) is 16.7. The van der Waals surface area contributed by atoms with Crippen molar-refractivity contribution in [2.75, 3.05) is 20.2 Å². The van der Waals surface area contributed by atoms with Gasteiger partial charge in [-0.1, -0.05) is 36.4 Å². The third-order valence-electron chi connectivity index (χ3n) is 5.08. The highest BCUT2D eigenvalue weighted by Crippen LogP contribution is 2.27. The Balaban J connectivity index is 1.59. The van der Waals surface area contributed by atoms with Crippen molar-refractivity contribution in [3.63, 3.8) is 0 Å². The molecule has 2 heterocycles. The van der Waals surface area contributed by atoms with Crippen LogP contribution in [-0.2, 0) is 4.74 Å². The van der Waals surface area contributed by atoms with Gasteiger partial charge in [-0.15, -0.1) is 0 Å². The van der Waals surface area contributed by atoms with Crippen molar-refractivity contribution in [1.82, 2.24) is 9.88 Å². The van der Waals surface area contributed by atoms with E-state index in [1.54, 1.807) is 7.11 Å². The van der Waals surface area contributed by atoms with Gasteiger partial charge in [-0.3, -0.25) is 9.78 Å². The zero-order valence-electron chi connectivity index (χ0n) is 14.9. The highest BCUT2D eigenvalue weighted by Gasteiger charge is 2.24. The number of nitrogens with zero attached hydrogens (tertiary/aromatic N) is 2. The van der Waals surface area contributed by atoms with Crippen molar-refractivity contribution in [2.45, 2.75) is 18.9 Å². The van der Waals surface area contributed by atoms with E-state index in [-0.39, 0.29) is 12.0 Å². The van der Waals surface area contributed by atoms with Gasteiger partial charge in [0.2, 0.25) is 0 Å². The molecule has 4 rings (SSSR count). The Labute approximate surface area is 153 Å². The fourth-order valence-corrected chi connectivity index (χ4v) is 3.62. The van der Waals surface area contributed by atoms with E-state index in [2.05, 4.69) is 17.1 Å². The second kappa shape index (κ2) is 7.26. The number of methoxy groups -OCH3 is 1. The monoisotopic (exact) mass is 346 g/mol. The normalized spacial score (nSPS) is 17.4. The summed E-state index contributed by atoms with van der Waals surface area (Å²) >= 11 is 0. The molecule has 0 unspecified atom stereocenters. The number of pyridine rings is 1. The van der Waals surface area contributed by atoms with Gasteiger partial charge < -0.3 is 9.64 Å². The molecule has 0 radical (unpaired) electrons. The summed E-state index contributed by atoms with van der Waals surface area (Å²) in [5, 5.41) is 2.28. The molecule has 0 saturated carbocycles. The number of ether oxygens (including phenoxy) is 1. The number of carbonyl (C=O) groups excluding carboxylic acids is 1. The van der Waals surface area contributed by atoms with Crippen LogP contribution in [0.4, 0.5) is 0 Å². The average Bonchev–Trinajstić information content (AvgIpc) is 2.73. The molecule has 1 atom stereocenters. The topological polar surface area (TPSA) is 42.4 Å². The quantitative estimate of drug-likeness (QED) is 0.715. The van der Waals surface area contributed by atoms with Gasteiger partial charge in [0, 0.05) is 42.9 Å².